The van der Waals surface area contributed by atoms with Crippen LogP contribution in [-0.4, -0.2) is 76.1 Å². The third-order valence-electron chi connectivity index (χ3n) is 11.2. The maximum atomic E-state index is 13.9. The van der Waals surface area contributed by atoms with E-state index in [0.717, 1.165) is 25.7 Å². The van der Waals surface area contributed by atoms with Gasteiger partial charge in [0.25, 0.3) is 5.91 Å². The van der Waals surface area contributed by atoms with Crippen molar-refractivity contribution in [3.8, 4) is 5.75 Å². The number of rotatable bonds is 11. The number of carbonyl (C=O) groups excluding carboxylic acids is 2. The van der Waals surface area contributed by atoms with Crippen molar-refractivity contribution in [2.45, 2.75) is 99.2 Å². The number of unbranched alkanes of at least 4 members (excludes halogenated alkanes) is 1. The number of nitrogens with zero attached hydrogens (tertiary/aromatic N) is 1. The van der Waals surface area contributed by atoms with E-state index in [1.807, 2.05) is 0 Å². The monoisotopic (exact) mass is 687 g/mol. The molecular weight excluding hydrogens is 641 g/mol. The van der Waals surface area contributed by atoms with Gasteiger partial charge >= 0.3 is 7.12 Å². The number of ether oxygens (including phenoxy) is 1. The summed E-state index contributed by atoms with van der Waals surface area (Å²) in [6.07, 6.45) is 5.54. The normalized spacial score (nSPS) is 28.1. The quantitative estimate of drug-likeness (QED) is 0.262. The second-order valence-corrected chi connectivity index (χ2v) is 16.0. The van der Waals surface area contributed by atoms with Crippen molar-refractivity contribution >= 4 is 41.2 Å². The number of hydrogen-bond donors (Lipinski definition) is 2. The first-order valence-electron chi connectivity index (χ1n) is 16.5. The van der Waals surface area contributed by atoms with Crippen molar-refractivity contribution in [3.63, 3.8) is 0 Å². The molecule has 5 aliphatic rings. The van der Waals surface area contributed by atoms with E-state index >= 15 is 0 Å². The van der Waals surface area contributed by atoms with Gasteiger partial charge in [-0.3, -0.25) is 9.59 Å². The van der Waals surface area contributed by atoms with Gasteiger partial charge in [0.2, 0.25) is 15.7 Å². The number of nitrogens with two attached hydrogens (primary N) is 1. The van der Waals surface area contributed by atoms with Crippen LogP contribution in [0.15, 0.2) is 58.3 Å². The van der Waals surface area contributed by atoms with E-state index < -0.39 is 28.6 Å². The molecule has 2 heterocycles. The molecule has 5 fully saturated rings. The number of nitrogens with one attached hydrogen (secondary N) is 1. The van der Waals surface area contributed by atoms with E-state index in [9.17, 15) is 18.0 Å². The highest BCUT2D eigenvalue weighted by Gasteiger charge is 2.68. The van der Waals surface area contributed by atoms with E-state index in [1.54, 1.807) is 35.2 Å². The first kappa shape index (κ1) is 35.7. The molecule has 0 spiro atoms. The lowest BCUT2D eigenvalue weighted by Crippen LogP contribution is -2.65. The minimum Gasteiger partial charge on any atom is -0.495 e. The predicted octanol–water partition coefficient (Wildman–Crippen LogP) is 4.44. The number of halogens is 1. The minimum atomic E-state index is -3.96. The average molecular weight is 688 g/mol. The van der Waals surface area contributed by atoms with Gasteiger partial charge in [0.1, 0.15) is 16.7 Å². The van der Waals surface area contributed by atoms with Crippen LogP contribution in [0.4, 0.5) is 0 Å². The molecule has 10 nitrogen and oxygen atoms in total. The molecule has 2 saturated heterocycles. The van der Waals surface area contributed by atoms with Gasteiger partial charge in [0.05, 0.1) is 29.7 Å². The summed E-state index contributed by atoms with van der Waals surface area (Å²) in [7, 11) is -3.12. The molecule has 256 valence electrons. The number of likely N-dealkylation sites (tertiary alicyclic amines) is 1. The fourth-order valence-corrected chi connectivity index (χ4v) is 9.81. The van der Waals surface area contributed by atoms with Crippen LogP contribution in [-0.2, 0) is 23.9 Å². The summed E-state index contributed by atoms with van der Waals surface area (Å²) in [4.78, 5) is 29.3. The summed E-state index contributed by atoms with van der Waals surface area (Å²) in [6, 6.07) is 11.7. The van der Waals surface area contributed by atoms with E-state index in [1.165, 1.54) is 25.3 Å². The highest BCUT2D eigenvalue weighted by Crippen LogP contribution is 2.65. The van der Waals surface area contributed by atoms with Gasteiger partial charge in [-0.15, -0.1) is 12.4 Å². The Morgan fingerprint density at radius 2 is 1.89 bits per heavy atom. The van der Waals surface area contributed by atoms with Gasteiger partial charge in [-0.25, -0.2) is 8.42 Å². The molecule has 0 radical (unpaired) electrons. The van der Waals surface area contributed by atoms with Crippen molar-refractivity contribution in [2.24, 2.45) is 23.0 Å². The maximum absolute atomic E-state index is 13.9. The molecular formula is C34H47BClN3O7S. The highest BCUT2D eigenvalue weighted by atomic mass is 35.5. The van der Waals surface area contributed by atoms with Crippen molar-refractivity contribution in [3.05, 3.63) is 54.1 Å². The van der Waals surface area contributed by atoms with Gasteiger partial charge in [-0.2, -0.15) is 0 Å². The SMILES string of the molecule is COc1ccccc1S(=O)(=O)c1cccc(C(=O)N2CCC[C@H]2C(=O)N[C@@H](CCCCN)B2O[C@@H]3C[C@@H]4C[C@@H](C4(C)C)[C@]3(C)O2)c1.Cl. The Morgan fingerprint density at radius 3 is 2.62 bits per heavy atom. The number of para-hydroxylation sites is 1. The number of benzene rings is 2. The van der Waals surface area contributed by atoms with Crippen molar-refractivity contribution in [1.82, 2.24) is 10.2 Å². The lowest BCUT2D eigenvalue weighted by atomic mass is 9.43. The first-order chi connectivity index (χ1) is 21.9. The summed E-state index contributed by atoms with van der Waals surface area (Å²) >= 11 is 0. The topological polar surface area (TPSA) is 137 Å². The maximum Gasteiger partial charge on any atom is 0.481 e. The molecule has 3 saturated carbocycles. The van der Waals surface area contributed by atoms with Crippen LogP contribution < -0.4 is 15.8 Å². The number of hydrogen-bond acceptors (Lipinski definition) is 8. The molecule has 6 atom stereocenters. The van der Waals surface area contributed by atoms with Gasteiger partial charge < -0.3 is 30.0 Å². The van der Waals surface area contributed by atoms with Gasteiger partial charge in [-0.1, -0.05) is 38.5 Å². The smallest absolute Gasteiger partial charge is 0.481 e. The van der Waals surface area contributed by atoms with Crippen LogP contribution in [0.3, 0.4) is 0 Å². The third kappa shape index (κ3) is 6.32. The molecule has 3 aliphatic carbocycles. The van der Waals surface area contributed by atoms with Gasteiger partial charge in [0.15, 0.2) is 0 Å². The van der Waals surface area contributed by atoms with Gasteiger partial charge in [0, 0.05) is 12.1 Å². The van der Waals surface area contributed by atoms with E-state index in [0.29, 0.717) is 44.2 Å². The molecule has 2 amide bonds. The summed E-state index contributed by atoms with van der Waals surface area (Å²) in [5.74, 6) is 0.222. The number of sulfone groups is 1. The van der Waals surface area contributed by atoms with Crippen LogP contribution >= 0.6 is 12.4 Å². The molecule has 0 aromatic heterocycles. The number of carbonyl (C=O) groups is 2. The van der Waals surface area contributed by atoms with Gasteiger partial charge in [-0.05, 0) is 99.6 Å². The zero-order valence-corrected chi connectivity index (χ0v) is 29.3. The summed E-state index contributed by atoms with van der Waals surface area (Å²) < 4.78 is 45.6. The molecule has 3 N–H and O–H groups in total. The first-order valence-corrected chi connectivity index (χ1v) is 18.0. The molecule has 0 unspecified atom stereocenters. The zero-order chi connectivity index (χ0) is 32.9. The molecule has 7 rings (SSSR count). The minimum absolute atomic E-state index is 0. The third-order valence-corrected chi connectivity index (χ3v) is 13.0. The summed E-state index contributed by atoms with van der Waals surface area (Å²) in [5, 5.41) is 3.21. The van der Waals surface area contributed by atoms with Crippen LogP contribution in [0, 0.1) is 17.3 Å². The molecule has 2 aromatic rings. The van der Waals surface area contributed by atoms with Crippen molar-refractivity contribution in [2.75, 3.05) is 20.2 Å². The second-order valence-electron chi connectivity index (χ2n) is 14.1. The molecule has 2 aliphatic heterocycles. The molecule has 2 bridgehead atoms. The Bertz CT molecular complexity index is 1590. The number of amides is 2. The van der Waals surface area contributed by atoms with Crippen molar-refractivity contribution < 1.29 is 32.1 Å². The van der Waals surface area contributed by atoms with Crippen LogP contribution in [0.5, 0.6) is 5.75 Å². The number of methoxy groups -OCH3 is 1. The second kappa shape index (κ2) is 13.7. The van der Waals surface area contributed by atoms with E-state index in [2.05, 4.69) is 26.1 Å². The highest BCUT2D eigenvalue weighted by molar-refractivity contribution is 7.91. The van der Waals surface area contributed by atoms with Crippen molar-refractivity contribution in [1.29, 1.82) is 0 Å². The Kier molecular flexibility index (Phi) is 10.4. The van der Waals surface area contributed by atoms with Crippen LogP contribution in [0.25, 0.3) is 0 Å². The largest absolute Gasteiger partial charge is 0.495 e. The molecule has 47 heavy (non-hydrogen) atoms. The summed E-state index contributed by atoms with van der Waals surface area (Å²) in [6.45, 7) is 7.76. The molecule has 13 heteroatoms. The van der Waals surface area contributed by atoms with E-state index in [-0.39, 0.29) is 62.8 Å². The Morgan fingerprint density at radius 1 is 1.13 bits per heavy atom. The fraction of sp³-hybridized carbons (Fsp3) is 0.588. The Hall–Kier alpha value is -2.64. The van der Waals surface area contributed by atoms with Crippen LogP contribution in [0.2, 0.25) is 0 Å². The Labute approximate surface area is 284 Å². The lowest BCUT2D eigenvalue weighted by Gasteiger charge is -2.64. The lowest BCUT2D eigenvalue weighted by molar-refractivity contribution is -0.199. The summed E-state index contributed by atoms with van der Waals surface area (Å²) in [5.41, 5.74) is 5.80. The fourth-order valence-electron chi connectivity index (χ4n) is 8.35. The standard InChI is InChI=1S/C34H46BN3O7S.ClH/c1-33(2)23-20-28(33)34(3)29(21-23)44-35(45-34)30(16-7-8-17-36)37-31(39)25-13-10-18-38(25)32(40)22-11-9-12-24(19-22)46(41,42)27-15-6-5-14-26(27)43-4;/h5-6,9,11-12,14-15,19,23,25,28-30H,7-8,10,13,16-18,20-21,36H2,1-4H3,(H,37,39);1H/t23-,25-,28-,29+,30-,34-;/m0./s1. The van der Waals surface area contributed by atoms with E-state index in [4.69, 9.17) is 19.8 Å². The van der Waals surface area contributed by atoms with Crippen LogP contribution in [0.1, 0.15) is 76.1 Å². The zero-order valence-electron chi connectivity index (χ0n) is 27.6. The average Bonchev–Trinajstić information content (AvgIpc) is 3.68. The Balaban J connectivity index is 0.00000433. The predicted molar refractivity (Wildman–Crippen MR) is 181 cm³/mol. The molecule has 2 aromatic carbocycles.